The van der Waals surface area contributed by atoms with Gasteiger partial charge in [0.2, 0.25) is 5.91 Å². The first-order valence-electron chi connectivity index (χ1n) is 9.55. The maximum atomic E-state index is 12.8. The van der Waals surface area contributed by atoms with Gasteiger partial charge in [-0.25, -0.2) is 4.79 Å². The van der Waals surface area contributed by atoms with E-state index in [1.165, 1.54) is 11.1 Å². The van der Waals surface area contributed by atoms with Crippen molar-refractivity contribution in [2.24, 2.45) is 0 Å². The molecule has 2 N–H and O–H groups in total. The van der Waals surface area contributed by atoms with E-state index in [-0.39, 0.29) is 18.4 Å². The number of nitrogens with one attached hydrogen (secondary N) is 2. The number of urea groups is 1. The van der Waals surface area contributed by atoms with Crippen LogP contribution in [0, 0.1) is 0 Å². The normalized spacial score (nSPS) is 18.0. The summed E-state index contributed by atoms with van der Waals surface area (Å²) >= 11 is 0. The Labute approximate surface area is 154 Å². The van der Waals surface area contributed by atoms with E-state index in [0.29, 0.717) is 12.8 Å². The molecule has 1 aliphatic heterocycles. The molecule has 26 heavy (non-hydrogen) atoms. The van der Waals surface area contributed by atoms with E-state index in [9.17, 15) is 14.4 Å². The van der Waals surface area contributed by atoms with Crippen LogP contribution in [0.2, 0.25) is 0 Å². The van der Waals surface area contributed by atoms with E-state index in [0.717, 1.165) is 42.7 Å². The van der Waals surface area contributed by atoms with Gasteiger partial charge in [0.1, 0.15) is 12.1 Å². The first-order chi connectivity index (χ1) is 12.5. The fourth-order valence-corrected chi connectivity index (χ4v) is 4.13. The number of carbonyl (C=O) groups is 3. The molecule has 1 aromatic carbocycles. The average molecular weight is 357 g/mol. The third-order valence-corrected chi connectivity index (χ3v) is 5.28. The van der Waals surface area contributed by atoms with Crippen molar-refractivity contribution in [3.8, 4) is 0 Å². The van der Waals surface area contributed by atoms with E-state index >= 15 is 0 Å². The Hall–Kier alpha value is -2.37. The fraction of sp³-hybridized carbons (Fsp3) is 0.550. The minimum Gasteiger partial charge on any atom is -0.325 e. The van der Waals surface area contributed by atoms with E-state index in [1.54, 1.807) is 0 Å². The van der Waals surface area contributed by atoms with Crippen LogP contribution in [-0.2, 0) is 22.4 Å². The molecule has 1 fully saturated rings. The first kappa shape index (κ1) is 18.4. The van der Waals surface area contributed by atoms with Crippen LogP contribution in [0.1, 0.15) is 57.1 Å². The Morgan fingerprint density at radius 2 is 1.85 bits per heavy atom. The van der Waals surface area contributed by atoms with Crippen LogP contribution in [0.4, 0.5) is 10.5 Å². The number of benzene rings is 1. The highest BCUT2D eigenvalue weighted by atomic mass is 16.2. The number of hydrogen-bond acceptors (Lipinski definition) is 3. The average Bonchev–Trinajstić information content (AvgIpc) is 3.14. The number of nitrogens with zero attached hydrogens (tertiary/aromatic N) is 1. The van der Waals surface area contributed by atoms with E-state index in [2.05, 4.69) is 10.6 Å². The zero-order valence-corrected chi connectivity index (χ0v) is 15.6. The third kappa shape index (κ3) is 3.45. The molecule has 0 bridgehead atoms. The highest BCUT2D eigenvalue weighted by molar-refractivity contribution is 6.10. The van der Waals surface area contributed by atoms with Crippen molar-refractivity contribution in [1.29, 1.82) is 0 Å². The van der Waals surface area contributed by atoms with Crippen molar-refractivity contribution in [3.05, 3.63) is 29.3 Å². The summed E-state index contributed by atoms with van der Waals surface area (Å²) in [6, 6.07) is 5.44. The van der Waals surface area contributed by atoms with Gasteiger partial charge in [-0.2, -0.15) is 0 Å². The van der Waals surface area contributed by atoms with E-state index in [1.807, 2.05) is 32.0 Å². The first-order valence-corrected chi connectivity index (χ1v) is 9.55. The quantitative estimate of drug-likeness (QED) is 0.736. The van der Waals surface area contributed by atoms with Gasteiger partial charge >= 0.3 is 6.03 Å². The molecule has 0 spiro atoms. The molecule has 1 aromatic rings. The van der Waals surface area contributed by atoms with Crippen molar-refractivity contribution in [2.45, 2.75) is 64.3 Å². The van der Waals surface area contributed by atoms with Crippen LogP contribution in [0.15, 0.2) is 18.2 Å². The van der Waals surface area contributed by atoms with Crippen LogP contribution in [0.25, 0.3) is 0 Å². The van der Waals surface area contributed by atoms with Crippen LogP contribution in [0.3, 0.4) is 0 Å². The predicted molar refractivity (Wildman–Crippen MR) is 99.9 cm³/mol. The second kappa shape index (κ2) is 7.48. The maximum Gasteiger partial charge on any atom is 0.325 e. The van der Waals surface area contributed by atoms with Gasteiger partial charge < -0.3 is 10.6 Å². The second-order valence-electron chi connectivity index (χ2n) is 7.29. The van der Waals surface area contributed by atoms with Gasteiger partial charge in [-0.3, -0.25) is 14.5 Å². The molecule has 0 unspecified atom stereocenters. The molecule has 140 valence electrons. The van der Waals surface area contributed by atoms with Gasteiger partial charge in [0.05, 0.1) is 0 Å². The molecule has 4 amide bonds. The summed E-state index contributed by atoms with van der Waals surface area (Å²) in [6.07, 6.45) is 6.03. The highest BCUT2D eigenvalue weighted by Gasteiger charge is 2.50. The van der Waals surface area contributed by atoms with E-state index in [4.69, 9.17) is 0 Å². The van der Waals surface area contributed by atoms with Gasteiger partial charge in [-0.05, 0) is 55.4 Å². The Balaban J connectivity index is 1.67. The summed E-state index contributed by atoms with van der Waals surface area (Å²) in [5, 5.41) is 5.65. The molecule has 1 heterocycles. The summed E-state index contributed by atoms with van der Waals surface area (Å²) < 4.78 is 0. The van der Waals surface area contributed by atoms with Gasteiger partial charge in [0.25, 0.3) is 5.91 Å². The summed E-state index contributed by atoms with van der Waals surface area (Å²) in [7, 11) is 0. The van der Waals surface area contributed by atoms with Gasteiger partial charge in [0.15, 0.2) is 0 Å². The molecule has 0 saturated carbocycles. The van der Waals surface area contributed by atoms with Crippen LogP contribution in [0.5, 0.6) is 0 Å². The molecule has 1 saturated heterocycles. The smallest absolute Gasteiger partial charge is 0.325 e. The van der Waals surface area contributed by atoms with Crippen molar-refractivity contribution in [3.63, 3.8) is 0 Å². The number of fused-ring (bicyclic) bond motifs is 1. The summed E-state index contributed by atoms with van der Waals surface area (Å²) in [5.41, 5.74) is 2.47. The molecular weight excluding hydrogens is 330 g/mol. The summed E-state index contributed by atoms with van der Waals surface area (Å²) in [6.45, 7) is 3.72. The van der Waals surface area contributed by atoms with Gasteiger partial charge in [0, 0.05) is 5.69 Å². The standard InChI is InChI=1S/C20H27N3O3/c1-3-10-20(11-4-2)18(25)23(19(26)22-20)13-17(24)21-16-9-8-14-6-5-7-15(14)12-16/h8-9,12H,3-7,10-11,13H2,1-2H3,(H,21,24)(H,22,26). The summed E-state index contributed by atoms with van der Waals surface area (Å²) in [5.74, 6) is -0.634. The Morgan fingerprint density at radius 3 is 2.54 bits per heavy atom. The Morgan fingerprint density at radius 1 is 1.15 bits per heavy atom. The highest BCUT2D eigenvalue weighted by Crippen LogP contribution is 2.28. The lowest BCUT2D eigenvalue weighted by Crippen LogP contribution is -2.47. The Bertz CT molecular complexity index is 723. The molecular formula is C20H27N3O3. The second-order valence-corrected chi connectivity index (χ2v) is 7.29. The zero-order chi connectivity index (χ0) is 18.7. The van der Waals surface area contributed by atoms with Gasteiger partial charge in [-0.15, -0.1) is 0 Å². The molecule has 1 aliphatic carbocycles. The Kier molecular flexibility index (Phi) is 5.30. The number of aryl methyl sites for hydroxylation is 2. The number of carbonyl (C=O) groups excluding carboxylic acids is 3. The number of rotatable bonds is 7. The lowest BCUT2D eigenvalue weighted by Gasteiger charge is -2.25. The molecule has 6 nitrogen and oxygen atoms in total. The van der Waals surface area contributed by atoms with Crippen molar-refractivity contribution in [1.82, 2.24) is 10.2 Å². The number of hydrogen-bond donors (Lipinski definition) is 2. The number of anilines is 1. The predicted octanol–water partition coefficient (Wildman–Crippen LogP) is 3.00. The molecule has 6 heteroatoms. The van der Waals surface area contributed by atoms with Gasteiger partial charge in [-0.1, -0.05) is 32.8 Å². The van der Waals surface area contributed by atoms with Crippen molar-refractivity contribution < 1.29 is 14.4 Å². The third-order valence-electron chi connectivity index (χ3n) is 5.28. The van der Waals surface area contributed by atoms with Crippen LogP contribution >= 0.6 is 0 Å². The topological polar surface area (TPSA) is 78.5 Å². The minimum absolute atomic E-state index is 0.253. The van der Waals surface area contributed by atoms with Crippen molar-refractivity contribution >= 4 is 23.5 Å². The SMILES string of the molecule is CCCC1(CCC)NC(=O)N(CC(=O)Nc2ccc3c(c2)CCC3)C1=O. The lowest BCUT2D eigenvalue weighted by atomic mass is 9.88. The zero-order valence-electron chi connectivity index (χ0n) is 15.6. The van der Waals surface area contributed by atoms with Crippen LogP contribution in [-0.4, -0.2) is 34.8 Å². The molecule has 0 atom stereocenters. The van der Waals surface area contributed by atoms with Crippen molar-refractivity contribution in [2.75, 3.05) is 11.9 Å². The largest absolute Gasteiger partial charge is 0.325 e. The lowest BCUT2D eigenvalue weighted by molar-refractivity contribution is -0.134. The fourth-order valence-electron chi connectivity index (χ4n) is 4.13. The monoisotopic (exact) mass is 357 g/mol. The molecule has 3 rings (SSSR count). The number of imide groups is 1. The minimum atomic E-state index is -0.853. The van der Waals surface area contributed by atoms with Crippen LogP contribution < -0.4 is 10.6 Å². The molecule has 2 aliphatic rings. The summed E-state index contributed by atoms with van der Waals surface area (Å²) in [4.78, 5) is 38.6. The van der Waals surface area contributed by atoms with E-state index < -0.39 is 11.6 Å². The number of amides is 4. The molecule has 0 radical (unpaired) electrons. The maximum absolute atomic E-state index is 12.8. The molecule has 0 aromatic heterocycles.